The van der Waals surface area contributed by atoms with Crippen LogP contribution in [0.1, 0.15) is 38.1 Å². The number of carboxylic acids is 1. The van der Waals surface area contributed by atoms with Crippen molar-refractivity contribution in [3.63, 3.8) is 0 Å². The Balaban J connectivity index is 2.39. The zero-order valence-corrected chi connectivity index (χ0v) is 17.6. The van der Waals surface area contributed by atoms with Crippen LogP contribution in [-0.2, 0) is 9.53 Å². The maximum absolute atomic E-state index is 12.1. The lowest BCUT2D eigenvalue weighted by Crippen LogP contribution is -2.28. The van der Waals surface area contributed by atoms with Gasteiger partial charge < -0.3 is 9.84 Å². The second kappa shape index (κ2) is 7.70. The van der Waals surface area contributed by atoms with Gasteiger partial charge in [0, 0.05) is 26.7 Å². The smallest absolute Gasteiger partial charge is 0.337 e. The Morgan fingerprint density at radius 1 is 1.11 bits per heavy atom. The van der Waals surface area contributed by atoms with Crippen LogP contribution in [0.15, 0.2) is 42.5 Å². The molecular weight excluding hydrogens is 397 g/mol. The van der Waals surface area contributed by atoms with Crippen LogP contribution in [0.25, 0.3) is 22.0 Å². The van der Waals surface area contributed by atoms with Gasteiger partial charge in [0.05, 0.1) is 11.1 Å². The number of rotatable bonds is 4. The molecule has 0 spiro atoms. The molecule has 4 nitrogen and oxygen atoms in total. The van der Waals surface area contributed by atoms with Crippen LogP contribution in [0.2, 0.25) is 10.0 Å². The second-order valence-electron chi connectivity index (χ2n) is 7.62. The summed E-state index contributed by atoms with van der Waals surface area (Å²) in [5, 5.41) is 11.6. The van der Waals surface area contributed by atoms with Crippen molar-refractivity contribution in [3.8, 4) is 11.1 Å². The number of aryl methyl sites for hydroxylation is 1. The lowest BCUT2D eigenvalue weighted by atomic mass is 9.91. The van der Waals surface area contributed by atoms with Crippen molar-refractivity contribution in [1.82, 2.24) is 4.98 Å². The Morgan fingerprint density at radius 2 is 1.75 bits per heavy atom. The van der Waals surface area contributed by atoms with Crippen molar-refractivity contribution in [3.05, 3.63) is 63.8 Å². The highest BCUT2D eigenvalue weighted by molar-refractivity contribution is 6.33. The normalized spacial score (nSPS) is 12.9. The highest BCUT2D eigenvalue weighted by Gasteiger charge is 2.32. The van der Waals surface area contributed by atoms with Crippen LogP contribution in [-0.4, -0.2) is 21.7 Å². The van der Waals surface area contributed by atoms with Crippen LogP contribution in [0.5, 0.6) is 0 Å². The van der Waals surface area contributed by atoms with Gasteiger partial charge in [-0.1, -0.05) is 41.4 Å². The molecule has 2 aromatic carbocycles. The summed E-state index contributed by atoms with van der Waals surface area (Å²) in [4.78, 5) is 16.7. The predicted molar refractivity (Wildman–Crippen MR) is 113 cm³/mol. The van der Waals surface area contributed by atoms with Crippen molar-refractivity contribution in [2.45, 2.75) is 39.4 Å². The lowest BCUT2D eigenvalue weighted by Gasteiger charge is -2.28. The molecule has 3 rings (SSSR count). The Kier molecular flexibility index (Phi) is 5.67. The van der Waals surface area contributed by atoms with E-state index in [0.29, 0.717) is 26.7 Å². The number of carbonyl (C=O) groups is 1. The molecule has 0 bridgehead atoms. The van der Waals surface area contributed by atoms with Gasteiger partial charge in [0.15, 0.2) is 6.10 Å². The molecule has 0 amide bonds. The standard InChI is InChI=1S/C22H21Cl2NO3/c1-12-5-10-15-17(25-12)11-16(24)19(20(21(26)27)28-22(2,3)4)18(15)13-6-8-14(23)9-7-13/h5-11,20H,1-4H3,(H,26,27). The number of hydrogen-bond acceptors (Lipinski definition) is 3. The molecule has 0 saturated heterocycles. The third kappa shape index (κ3) is 4.30. The summed E-state index contributed by atoms with van der Waals surface area (Å²) in [5.74, 6) is -1.11. The topological polar surface area (TPSA) is 59.4 Å². The van der Waals surface area contributed by atoms with E-state index in [9.17, 15) is 9.90 Å². The van der Waals surface area contributed by atoms with Crippen LogP contribution in [0.3, 0.4) is 0 Å². The summed E-state index contributed by atoms with van der Waals surface area (Å²) in [6.45, 7) is 7.33. The van der Waals surface area contributed by atoms with Crippen LogP contribution in [0, 0.1) is 6.92 Å². The van der Waals surface area contributed by atoms with E-state index in [-0.39, 0.29) is 0 Å². The first-order valence-electron chi connectivity index (χ1n) is 8.83. The zero-order chi connectivity index (χ0) is 20.6. The lowest BCUT2D eigenvalue weighted by molar-refractivity contribution is -0.160. The number of ether oxygens (including phenoxy) is 1. The van der Waals surface area contributed by atoms with E-state index in [1.54, 1.807) is 18.2 Å². The number of aliphatic carboxylic acids is 1. The van der Waals surface area contributed by atoms with E-state index in [1.807, 2.05) is 52.0 Å². The van der Waals surface area contributed by atoms with Crippen molar-refractivity contribution < 1.29 is 14.6 Å². The number of halogens is 2. The molecule has 3 aromatic rings. The number of benzene rings is 2. The monoisotopic (exact) mass is 417 g/mol. The number of carboxylic acid groups (broad SMARTS) is 1. The highest BCUT2D eigenvalue weighted by atomic mass is 35.5. The molecule has 146 valence electrons. The molecule has 1 N–H and O–H groups in total. The van der Waals surface area contributed by atoms with Gasteiger partial charge in [0.25, 0.3) is 0 Å². The van der Waals surface area contributed by atoms with Gasteiger partial charge in [-0.3, -0.25) is 4.98 Å². The van der Waals surface area contributed by atoms with Gasteiger partial charge in [-0.2, -0.15) is 0 Å². The maximum Gasteiger partial charge on any atom is 0.337 e. The Bertz CT molecular complexity index is 1040. The van der Waals surface area contributed by atoms with Crippen molar-refractivity contribution >= 4 is 40.1 Å². The minimum Gasteiger partial charge on any atom is -0.479 e. The molecule has 0 fully saturated rings. The Hall–Kier alpha value is -2.14. The maximum atomic E-state index is 12.1. The first-order chi connectivity index (χ1) is 13.1. The predicted octanol–water partition coefficient (Wildman–Crippen LogP) is 6.46. The third-order valence-electron chi connectivity index (χ3n) is 4.21. The summed E-state index contributed by atoms with van der Waals surface area (Å²) < 4.78 is 5.89. The van der Waals surface area contributed by atoms with E-state index < -0.39 is 17.7 Å². The minimum atomic E-state index is -1.23. The van der Waals surface area contributed by atoms with Crippen molar-refractivity contribution in [1.29, 1.82) is 0 Å². The average Bonchev–Trinajstić information content (AvgIpc) is 2.58. The van der Waals surface area contributed by atoms with E-state index in [2.05, 4.69) is 4.98 Å². The molecule has 0 aliphatic heterocycles. The summed E-state index contributed by atoms with van der Waals surface area (Å²) in [6.07, 6.45) is -1.23. The molecule has 1 atom stereocenters. The Morgan fingerprint density at radius 3 is 2.32 bits per heavy atom. The largest absolute Gasteiger partial charge is 0.479 e. The fourth-order valence-corrected chi connectivity index (χ4v) is 3.55. The molecular formula is C22H21Cl2NO3. The molecule has 6 heteroatoms. The minimum absolute atomic E-state index is 0.298. The summed E-state index contributed by atoms with van der Waals surface area (Å²) in [6, 6.07) is 12.7. The molecule has 0 aliphatic rings. The number of aromatic nitrogens is 1. The van der Waals surface area contributed by atoms with E-state index in [4.69, 9.17) is 27.9 Å². The van der Waals surface area contributed by atoms with Crippen molar-refractivity contribution in [2.75, 3.05) is 0 Å². The highest BCUT2D eigenvalue weighted by Crippen LogP contribution is 2.42. The molecule has 0 saturated carbocycles. The summed E-state index contributed by atoms with van der Waals surface area (Å²) in [5.41, 5.74) is 2.75. The van der Waals surface area contributed by atoms with Gasteiger partial charge in [0.1, 0.15) is 0 Å². The number of pyridine rings is 1. The fourth-order valence-electron chi connectivity index (χ4n) is 3.13. The first kappa shape index (κ1) is 20.6. The summed E-state index contributed by atoms with van der Waals surface area (Å²) >= 11 is 12.7. The van der Waals surface area contributed by atoms with Gasteiger partial charge in [0.2, 0.25) is 0 Å². The van der Waals surface area contributed by atoms with Gasteiger partial charge >= 0.3 is 5.97 Å². The first-order valence-corrected chi connectivity index (χ1v) is 9.59. The number of hydrogen-bond donors (Lipinski definition) is 1. The van der Waals surface area contributed by atoms with Gasteiger partial charge in [-0.25, -0.2) is 4.79 Å². The fraction of sp³-hybridized carbons (Fsp3) is 0.273. The molecule has 28 heavy (non-hydrogen) atoms. The molecule has 0 aliphatic carbocycles. The molecule has 1 unspecified atom stereocenters. The Labute approximate surface area is 174 Å². The van der Waals surface area contributed by atoms with Crippen LogP contribution < -0.4 is 0 Å². The number of nitrogens with zero attached hydrogens (tertiary/aromatic N) is 1. The number of fused-ring (bicyclic) bond motifs is 1. The molecule has 1 aromatic heterocycles. The van der Waals surface area contributed by atoms with Crippen LogP contribution >= 0.6 is 23.2 Å². The molecule has 0 radical (unpaired) electrons. The van der Waals surface area contributed by atoms with Gasteiger partial charge in [-0.15, -0.1) is 0 Å². The summed E-state index contributed by atoms with van der Waals surface area (Å²) in [7, 11) is 0. The average molecular weight is 418 g/mol. The van der Waals surface area contributed by atoms with Crippen molar-refractivity contribution in [2.24, 2.45) is 0 Å². The van der Waals surface area contributed by atoms with Crippen LogP contribution in [0.4, 0.5) is 0 Å². The second-order valence-corrected chi connectivity index (χ2v) is 8.47. The zero-order valence-electron chi connectivity index (χ0n) is 16.1. The van der Waals surface area contributed by atoms with Gasteiger partial charge in [-0.05, 0) is 63.1 Å². The van der Waals surface area contributed by atoms with E-state index >= 15 is 0 Å². The quantitative estimate of drug-likeness (QED) is 0.528. The van der Waals surface area contributed by atoms with E-state index in [1.165, 1.54) is 0 Å². The SMILES string of the molecule is Cc1ccc2c(-c3ccc(Cl)cc3)c(C(OC(C)(C)C)C(=O)O)c(Cl)cc2n1. The van der Waals surface area contributed by atoms with E-state index in [0.717, 1.165) is 16.6 Å². The third-order valence-corrected chi connectivity index (χ3v) is 4.78. The molecule has 1 heterocycles.